The molecular weight excluding hydrogens is 375 g/mol. The number of rotatable bonds is 7. The number of amides is 2. The summed E-state index contributed by atoms with van der Waals surface area (Å²) >= 11 is 2.13. The number of nitrogens with one attached hydrogen (secondary N) is 2. The van der Waals surface area contributed by atoms with E-state index in [1.165, 1.54) is 0 Å². The molecule has 3 N–H and O–H groups in total. The molecule has 6 nitrogen and oxygen atoms in total. The molecule has 1 atom stereocenters. The Morgan fingerprint density at radius 3 is 2.80 bits per heavy atom. The van der Waals surface area contributed by atoms with E-state index < -0.39 is 18.0 Å². The number of carboxylic acids is 1. The first-order valence-electron chi connectivity index (χ1n) is 6.07. The van der Waals surface area contributed by atoms with Crippen molar-refractivity contribution in [2.24, 2.45) is 0 Å². The van der Waals surface area contributed by atoms with Crippen LogP contribution in [0.1, 0.15) is 12.8 Å². The van der Waals surface area contributed by atoms with Crippen LogP contribution in [0.2, 0.25) is 0 Å². The maximum atomic E-state index is 11.8. The summed E-state index contributed by atoms with van der Waals surface area (Å²) in [4.78, 5) is 22.8. The fraction of sp³-hybridized carbons (Fsp3) is 0.385. The summed E-state index contributed by atoms with van der Waals surface area (Å²) < 4.78 is 5.85. The molecule has 20 heavy (non-hydrogen) atoms. The van der Waals surface area contributed by atoms with Gasteiger partial charge in [0.2, 0.25) is 0 Å². The van der Waals surface area contributed by atoms with Gasteiger partial charge in [-0.15, -0.1) is 0 Å². The third-order valence-electron chi connectivity index (χ3n) is 2.53. The standard InChI is InChI=1S/C13H17IN2O4/c1-20-7-3-6-11(12(17)18)16-13(19)15-10-5-2-4-9(14)8-10/h2,4-5,8,11H,3,6-7H2,1H3,(H,17,18)(H2,15,16,19). The zero-order valence-corrected chi connectivity index (χ0v) is 13.2. The summed E-state index contributed by atoms with van der Waals surface area (Å²) in [6.45, 7) is 0.462. The number of hydrogen-bond acceptors (Lipinski definition) is 3. The fourth-order valence-electron chi connectivity index (χ4n) is 1.58. The smallest absolute Gasteiger partial charge is 0.326 e. The van der Waals surface area contributed by atoms with Crippen molar-refractivity contribution in [1.29, 1.82) is 0 Å². The molecule has 2 amide bonds. The van der Waals surface area contributed by atoms with Crippen LogP contribution in [0, 0.1) is 3.57 Å². The molecule has 110 valence electrons. The number of urea groups is 1. The number of carbonyl (C=O) groups excluding carboxylic acids is 1. The predicted octanol–water partition coefficient (Wildman–Crippen LogP) is 2.29. The van der Waals surface area contributed by atoms with Crippen LogP contribution in [0.25, 0.3) is 0 Å². The van der Waals surface area contributed by atoms with Crippen LogP contribution in [0.4, 0.5) is 10.5 Å². The first-order chi connectivity index (χ1) is 9.52. The highest BCUT2D eigenvalue weighted by Gasteiger charge is 2.19. The van der Waals surface area contributed by atoms with Crippen molar-refractivity contribution in [2.45, 2.75) is 18.9 Å². The van der Waals surface area contributed by atoms with Gasteiger partial charge in [0, 0.05) is 23.0 Å². The Kier molecular flexibility index (Phi) is 7.31. The summed E-state index contributed by atoms with van der Waals surface area (Å²) in [6.07, 6.45) is 0.889. The van der Waals surface area contributed by atoms with Crippen LogP contribution < -0.4 is 10.6 Å². The third-order valence-corrected chi connectivity index (χ3v) is 3.20. The number of hydrogen-bond donors (Lipinski definition) is 3. The lowest BCUT2D eigenvalue weighted by molar-refractivity contribution is -0.139. The van der Waals surface area contributed by atoms with E-state index in [2.05, 4.69) is 33.2 Å². The van der Waals surface area contributed by atoms with Crippen LogP contribution in [-0.4, -0.2) is 36.9 Å². The molecule has 0 aliphatic heterocycles. The first-order valence-corrected chi connectivity index (χ1v) is 7.15. The number of halogens is 1. The number of methoxy groups -OCH3 is 1. The Balaban J connectivity index is 2.51. The lowest BCUT2D eigenvalue weighted by Crippen LogP contribution is -2.43. The number of anilines is 1. The average Bonchev–Trinajstić information content (AvgIpc) is 2.37. The summed E-state index contributed by atoms with van der Waals surface area (Å²) in [5, 5.41) is 14.1. The summed E-state index contributed by atoms with van der Waals surface area (Å²) in [5.41, 5.74) is 0.621. The minimum atomic E-state index is -1.06. The lowest BCUT2D eigenvalue weighted by atomic mass is 10.1. The zero-order chi connectivity index (χ0) is 15.0. The molecule has 1 rings (SSSR count). The van der Waals surface area contributed by atoms with Crippen molar-refractivity contribution in [3.05, 3.63) is 27.8 Å². The number of aliphatic carboxylic acids is 1. The van der Waals surface area contributed by atoms with E-state index >= 15 is 0 Å². The van der Waals surface area contributed by atoms with Gasteiger partial charge in [0.15, 0.2) is 0 Å². The van der Waals surface area contributed by atoms with Gasteiger partial charge in [0.1, 0.15) is 6.04 Å². The minimum Gasteiger partial charge on any atom is -0.480 e. The van der Waals surface area contributed by atoms with Gasteiger partial charge in [-0.05, 0) is 53.6 Å². The second-order valence-corrected chi connectivity index (χ2v) is 5.38. The van der Waals surface area contributed by atoms with Gasteiger partial charge in [-0.25, -0.2) is 9.59 Å². The van der Waals surface area contributed by atoms with Gasteiger partial charge in [-0.3, -0.25) is 0 Å². The number of carboxylic acid groups (broad SMARTS) is 1. The van der Waals surface area contributed by atoms with Crippen molar-refractivity contribution in [3.63, 3.8) is 0 Å². The highest BCUT2D eigenvalue weighted by atomic mass is 127. The van der Waals surface area contributed by atoms with Gasteiger partial charge >= 0.3 is 12.0 Å². The molecule has 0 saturated heterocycles. The van der Waals surface area contributed by atoms with E-state index in [1.807, 2.05) is 12.1 Å². The molecule has 1 unspecified atom stereocenters. The molecular formula is C13H17IN2O4. The van der Waals surface area contributed by atoms with E-state index in [1.54, 1.807) is 19.2 Å². The predicted molar refractivity (Wildman–Crippen MR) is 83.8 cm³/mol. The van der Waals surface area contributed by atoms with Gasteiger partial charge in [0.25, 0.3) is 0 Å². The maximum absolute atomic E-state index is 11.8. The van der Waals surface area contributed by atoms with Crippen molar-refractivity contribution < 1.29 is 19.4 Å². The molecule has 0 aromatic heterocycles. The molecule has 1 aromatic carbocycles. The molecule has 7 heteroatoms. The molecule has 0 heterocycles. The molecule has 0 aliphatic rings. The SMILES string of the molecule is COCCCC(NC(=O)Nc1cccc(I)c1)C(=O)O. The number of carbonyl (C=O) groups is 2. The second kappa shape index (κ2) is 8.75. The summed E-state index contributed by atoms with van der Waals surface area (Å²) in [6, 6.07) is 5.78. The highest BCUT2D eigenvalue weighted by Crippen LogP contribution is 2.12. The van der Waals surface area contributed by atoms with Crippen molar-refractivity contribution in [1.82, 2.24) is 5.32 Å². The molecule has 0 aliphatic carbocycles. The van der Waals surface area contributed by atoms with Crippen molar-refractivity contribution in [3.8, 4) is 0 Å². The maximum Gasteiger partial charge on any atom is 0.326 e. The Hall–Kier alpha value is -1.35. The molecule has 0 radical (unpaired) electrons. The van der Waals surface area contributed by atoms with Crippen molar-refractivity contribution >= 4 is 40.3 Å². The Morgan fingerprint density at radius 1 is 1.45 bits per heavy atom. The van der Waals surface area contributed by atoms with Crippen LogP contribution in [-0.2, 0) is 9.53 Å². The van der Waals surface area contributed by atoms with E-state index in [0.29, 0.717) is 25.1 Å². The second-order valence-electron chi connectivity index (χ2n) is 4.13. The summed E-state index contributed by atoms with van der Waals surface area (Å²) in [7, 11) is 1.55. The van der Waals surface area contributed by atoms with Crippen LogP contribution in [0.3, 0.4) is 0 Å². The summed E-state index contributed by atoms with van der Waals surface area (Å²) in [5.74, 6) is -1.06. The molecule has 1 aromatic rings. The van der Waals surface area contributed by atoms with E-state index in [-0.39, 0.29) is 0 Å². The van der Waals surface area contributed by atoms with Gasteiger partial charge < -0.3 is 20.5 Å². The van der Waals surface area contributed by atoms with Crippen LogP contribution in [0.15, 0.2) is 24.3 Å². The normalized spacial score (nSPS) is 11.7. The monoisotopic (exact) mass is 392 g/mol. The van der Waals surface area contributed by atoms with E-state index in [4.69, 9.17) is 9.84 Å². The van der Waals surface area contributed by atoms with Crippen LogP contribution >= 0.6 is 22.6 Å². The molecule has 0 saturated carbocycles. The highest BCUT2D eigenvalue weighted by molar-refractivity contribution is 14.1. The van der Waals surface area contributed by atoms with Crippen LogP contribution in [0.5, 0.6) is 0 Å². The van der Waals surface area contributed by atoms with Gasteiger partial charge in [0.05, 0.1) is 0 Å². The van der Waals surface area contributed by atoms with E-state index in [0.717, 1.165) is 3.57 Å². The van der Waals surface area contributed by atoms with E-state index in [9.17, 15) is 9.59 Å². The zero-order valence-electron chi connectivity index (χ0n) is 11.1. The fourth-order valence-corrected chi connectivity index (χ4v) is 2.12. The van der Waals surface area contributed by atoms with Crippen molar-refractivity contribution in [2.75, 3.05) is 19.0 Å². The van der Waals surface area contributed by atoms with Gasteiger partial charge in [-0.1, -0.05) is 6.07 Å². The Morgan fingerprint density at radius 2 is 2.20 bits per heavy atom. The quantitative estimate of drug-likeness (QED) is 0.491. The molecule has 0 fully saturated rings. The average molecular weight is 392 g/mol. The molecule has 0 bridgehead atoms. The lowest BCUT2D eigenvalue weighted by Gasteiger charge is -2.15. The topological polar surface area (TPSA) is 87.7 Å². The minimum absolute atomic E-state index is 0.322. The Bertz CT molecular complexity index is 467. The Labute approximate surface area is 131 Å². The largest absolute Gasteiger partial charge is 0.480 e. The first kappa shape index (κ1) is 16.7. The number of ether oxygens (including phenoxy) is 1. The van der Waals surface area contributed by atoms with Gasteiger partial charge in [-0.2, -0.15) is 0 Å². The molecule has 0 spiro atoms. The third kappa shape index (κ3) is 6.20. The number of benzene rings is 1.